The second kappa shape index (κ2) is 7.08. The van der Waals surface area contributed by atoms with Crippen molar-refractivity contribution < 1.29 is 0 Å². The molecule has 0 saturated heterocycles. The molecule has 0 amide bonds. The van der Waals surface area contributed by atoms with Crippen molar-refractivity contribution in [3.8, 4) is 6.07 Å². The maximum Gasteiger partial charge on any atom is 0.0683 e. The Balaban J connectivity index is 2.22. The van der Waals surface area contributed by atoms with E-state index in [1.165, 1.54) is 9.37 Å². The van der Waals surface area contributed by atoms with Gasteiger partial charge in [-0.25, -0.2) is 0 Å². The van der Waals surface area contributed by atoms with Gasteiger partial charge in [0.15, 0.2) is 0 Å². The van der Waals surface area contributed by atoms with E-state index in [0.29, 0.717) is 0 Å². The van der Waals surface area contributed by atoms with Gasteiger partial charge in [0.2, 0.25) is 0 Å². The molecule has 0 fully saturated rings. The second-order valence-electron chi connectivity index (χ2n) is 4.73. The molecular weight excluding hydrogens is 294 g/mol. The van der Waals surface area contributed by atoms with Crippen molar-refractivity contribution >= 4 is 27.7 Å². The zero-order valence-corrected chi connectivity index (χ0v) is 12.8. The number of unbranched alkanes of at least 4 members (excludes halogenated alkanes) is 1. The monoisotopic (exact) mass is 311 g/mol. The molecular formula is C14H18BrNS. The lowest BCUT2D eigenvalue weighted by Crippen LogP contribution is -2.07. The lowest BCUT2D eigenvalue weighted by molar-refractivity contribution is 0.433. The second-order valence-corrected chi connectivity index (χ2v) is 6.72. The average molecular weight is 312 g/mol. The van der Waals surface area contributed by atoms with Crippen molar-refractivity contribution in [3.05, 3.63) is 28.7 Å². The SMILES string of the molecule is CC(C)(C#N)CCCCSc1ccccc1Br. The van der Waals surface area contributed by atoms with Crippen molar-refractivity contribution in [2.24, 2.45) is 5.41 Å². The lowest BCUT2D eigenvalue weighted by Gasteiger charge is -2.14. The van der Waals surface area contributed by atoms with Gasteiger partial charge in [-0.1, -0.05) is 18.6 Å². The molecule has 0 unspecified atom stereocenters. The summed E-state index contributed by atoms with van der Waals surface area (Å²) in [6, 6.07) is 10.6. The summed E-state index contributed by atoms with van der Waals surface area (Å²) in [5.41, 5.74) is -0.169. The van der Waals surface area contributed by atoms with Crippen LogP contribution in [0.1, 0.15) is 33.1 Å². The van der Waals surface area contributed by atoms with Gasteiger partial charge in [-0.05, 0) is 60.5 Å². The molecule has 17 heavy (non-hydrogen) atoms. The van der Waals surface area contributed by atoms with Crippen LogP contribution in [0.4, 0.5) is 0 Å². The molecule has 0 heterocycles. The predicted molar refractivity (Wildman–Crippen MR) is 78.1 cm³/mol. The fourth-order valence-electron chi connectivity index (χ4n) is 1.47. The van der Waals surface area contributed by atoms with Gasteiger partial charge < -0.3 is 0 Å². The number of benzene rings is 1. The van der Waals surface area contributed by atoms with Crippen molar-refractivity contribution in [3.63, 3.8) is 0 Å². The first-order chi connectivity index (χ1) is 8.05. The average Bonchev–Trinajstić information content (AvgIpc) is 2.31. The zero-order valence-electron chi connectivity index (χ0n) is 10.4. The van der Waals surface area contributed by atoms with Gasteiger partial charge >= 0.3 is 0 Å². The summed E-state index contributed by atoms with van der Waals surface area (Å²) in [4.78, 5) is 1.30. The van der Waals surface area contributed by atoms with Crippen LogP contribution in [-0.4, -0.2) is 5.75 Å². The molecule has 0 saturated carbocycles. The van der Waals surface area contributed by atoms with Crippen molar-refractivity contribution in [1.82, 2.24) is 0 Å². The first-order valence-electron chi connectivity index (χ1n) is 5.84. The van der Waals surface area contributed by atoms with Gasteiger partial charge in [0.25, 0.3) is 0 Å². The summed E-state index contributed by atoms with van der Waals surface area (Å²) in [5, 5.41) is 8.90. The maximum atomic E-state index is 8.90. The van der Waals surface area contributed by atoms with E-state index in [1.54, 1.807) is 0 Å². The van der Waals surface area contributed by atoms with E-state index in [0.717, 1.165) is 25.0 Å². The number of hydrogen-bond acceptors (Lipinski definition) is 2. The highest BCUT2D eigenvalue weighted by Gasteiger charge is 2.15. The summed E-state index contributed by atoms with van der Waals surface area (Å²) in [6.45, 7) is 4.02. The topological polar surface area (TPSA) is 23.8 Å². The highest BCUT2D eigenvalue weighted by Crippen LogP contribution is 2.28. The third kappa shape index (κ3) is 5.61. The van der Waals surface area contributed by atoms with Gasteiger partial charge in [-0.3, -0.25) is 0 Å². The smallest absolute Gasteiger partial charge is 0.0683 e. The van der Waals surface area contributed by atoms with Crippen molar-refractivity contribution in [1.29, 1.82) is 5.26 Å². The predicted octanol–water partition coefficient (Wildman–Crippen LogP) is 5.26. The van der Waals surface area contributed by atoms with E-state index in [2.05, 4.69) is 40.2 Å². The van der Waals surface area contributed by atoms with Crippen LogP contribution >= 0.6 is 27.7 Å². The molecule has 0 aliphatic rings. The van der Waals surface area contributed by atoms with Crippen LogP contribution in [0.15, 0.2) is 33.6 Å². The van der Waals surface area contributed by atoms with Crippen LogP contribution in [0.5, 0.6) is 0 Å². The highest BCUT2D eigenvalue weighted by atomic mass is 79.9. The normalized spacial score (nSPS) is 11.2. The van der Waals surface area contributed by atoms with Crippen molar-refractivity contribution in [2.45, 2.75) is 38.0 Å². The molecule has 0 spiro atoms. The highest BCUT2D eigenvalue weighted by molar-refractivity contribution is 9.10. The molecule has 0 aromatic heterocycles. The van der Waals surface area contributed by atoms with E-state index in [1.807, 2.05) is 31.7 Å². The van der Waals surface area contributed by atoms with E-state index in [-0.39, 0.29) is 5.41 Å². The largest absolute Gasteiger partial charge is 0.198 e. The zero-order chi connectivity index (χ0) is 12.7. The molecule has 0 N–H and O–H groups in total. The Morgan fingerprint density at radius 2 is 2.00 bits per heavy atom. The number of hydrogen-bond donors (Lipinski definition) is 0. The number of halogens is 1. The number of nitriles is 1. The van der Waals surface area contributed by atoms with Gasteiger partial charge in [0.05, 0.1) is 11.5 Å². The molecule has 0 atom stereocenters. The molecule has 0 radical (unpaired) electrons. The Morgan fingerprint density at radius 1 is 1.29 bits per heavy atom. The van der Waals surface area contributed by atoms with Crippen LogP contribution in [0.2, 0.25) is 0 Å². The first kappa shape index (κ1) is 14.6. The first-order valence-corrected chi connectivity index (χ1v) is 7.61. The molecule has 3 heteroatoms. The quantitative estimate of drug-likeness (QED) is 0.528. The van der Waals surface area contributed by atoms with Crippen LogP contribution < -0.4 is 0 Å². The number of nitrogens with zero attached hydrogens (tertiary/aromatic N) is 1. The Bertz CT molecular complexity index is 395. The third-order valence-corrected chi connectivity index (χ3v) is 4.71. The summed E-state index contributed by atoms with van der Waals surface area (Å²) in [6.07, 6.45) is 3.27. The Hall–Kier alpha value is -0.460. The van der Waals surface area contributed by atoms with Crippen LogP contribution in [0.25, 0.3) is 0 Å². The molecule has 92 valence electrons. The van der Waals surface area contributed by atoms with Crippen LogP contribution in [0, 0.1) is 16.7 Å². The molecule has 0 aliphatic heterocycles. The summed E-state index contributed by atoms with van der Waals surface area (Å²) < 4.78 is 1.17. The maximum absolute atomic E-state index is 8.90. The minimum Gasteiger partial charge on any atom is -0.198 e. The van der Waals surface area contributed by atoms with E-state index < -0.39 is 0 Å². The van der Waals surface area contributed by atoms with Gasteiger partial charge in [-0.2, -0.15) is 5.26 Å². The van der Waals surface area contributed by atoms with E-state index in [4.69, 9.17) is 5.26 Å². The fourth-order valence-corrected chi connectivity index (χ4v) is 3.05. The number of thioether (sulfide) groups is 1. The fraction of sp³-hybridized carbons (Fsp3) is 0.500. The molecule has 1 aromatic carbocycles. The minimum absolute atomic E-state index is 0.169. The molecule has 0 aliphatic carbocycles. The minimum atomic E-state index is -0.169. The van der Waals surface area contributed by atoms with Gasteiger partial charge in [-0.15, -0.1) is 11.8 Å². The van der Waals surface area contributed by atoms with Crippen LogP contribution in [0.3, 0.4) is 0 Å². The summed E-state index contributed by atoms with van der Waals surface area (Å²) in [7, 11) is 0. The molecule has 0 bridgehead atoms. The van der Waals surface area contributed by atoms with Gasteiger partial charge in [0.1, 0.15) is 0 Å². The summed E-state index contributed by atoms with van der Waals surface area (Å²) >= 11 is 5.42. The standard InChI is InChI=1S/C14H18BrNS/c1-14(2,11-16)9-5-6-10-17-13-8-4-3-7-12(13)15/h3-4,7-8H,5-6,9-10H2,1-2H3. The molecule has 1 rings (SSSR count). The Kier molecular flexibility index (Phi) is 6.08. The Labute approximate surface area is 117 Å². The van der Waals surface area contributed by atoms with E-state index >= 15 is 0 Å². The molecule has 1 aromatic rings. The van der Waals surface area contributed by atoms with E-state index in [9.17, 15) is 0 Å². The van der Waals surface area contributed by atoms with Crippen molar-refractivity contribution in [2.75, 3.05) is 5.75 Å². The van der Waals surface area contributed by atoms with Gasteiger partial charge in [0, 0.05) is 9.37 Å². The summed E-state index contributed by atoms with van der Waals surface area (Å²) in [5.74, 6) is 1.12. The lowest BCUT2D eigenvalue weighted by atomic mass is 9.89. The molecule has 1 nitrogen and oxygen atoms in total. The Morgan fingerprint density at radius 3 is 2.65 bits per heavy atom. The third-order valence-electron chi connectivity index (χ3n) is 2.59. The van der Waals surface area contributed by atoms with Crippen LogP contribution in [-0.2, 0) is 0 Å². The number of rotatable bonds is 6.